The molecule has 0 aromatic heterocycles. The number of nitrogens with zero attached hydrogens (tertiary/aromatic N) is 2. The van der Waals surface area contributed by atoms with E-state index in [1.807, 2.05) is 48.5 Å². The Morgan fingerprint density at radius 3 is 2.14 bits per heavy atom. The van der Waals surface area contributed by atoms with Gasteiger partial charge in [0, 0.05) is 92.7 Å². The molecule has 0 bridgehead atoms. The molecule has 4 aliphatic heterocycles. The predicted molar refractivity (Wildman–Crippen MR) is 307 cm³/mol. The topological polar surface area (TPSA) is 383 Å². The number of hydrazine groups is 1. The van der Waals surface area contributed by atoms with Gasteiger partial charge in [-0.2, -0.15) is 0 Å². The van der Waals surface area contributed by atoms with Crippen LogP contribution < -0.4 is 53.2 Å². The minimum atomic E-state index is -2.38. The first kappa shape index (κ1) is 61.5. The molecule has 3 fully saturated rings. The highest BCUT2D eigenvalue weighted by molar-refractivity contribution is 6.31. The monoisotopic (exact) mass is 1200 g/mol. The van der Waals surface area contributed by atoms with Gasteiger partial charge < -0.3 is 86.4 Å². The molecule has 4 heterocycles. The van der Waals surface area contributed by atoms with Crippen molar-refractivity contribution in [3.05, 3.63) is 117 Å². The van der Waals surface area contributed by atoms with Gasteiger partial charge in [-0.15, -0.1) is 0 Å². The molecule has 0 radical (unpaired) electrons. The lowest BCUT2D eigenvalue weighted by Gasteiger charge is -2.43. The Labute approximate surface area is 499 Å². The van der Waals surface area contributed by atoms with Gasteiger partial charge in [-0.25, -0.2) is 0 Å². The van der Waals surface area contributed by atoms with E-state index in [1.54, 1.807) is 11.8 Å². The highest BCUT2D eigenvalue weighted by Crippen LogP contribution is 2.53. The molecule has 27 heteroatoms. The number of hydrogen-bond acceptors (Lipinski definition) is 21. The molecule has 27 nitrogen and oxygen atoms in total. The van der Waals surface area contributed by atoms with Gasteiger partial charge in [0.05, 0.1) is 85.9 Å². The summed E-state index contributed by atoms with van der Waals surface area (Å²) in [4.78, 5) is 110. The number of amides is 6. The highest BCUT2D eigenvalue weighted by atomic mass is 16.7. The van der Waals surface area contributed by atoms with Crippen LogP contribution in [0, 0.1) is 0 Å². The van der Waals surface area contributed by atoms with Crippen molar-refractivity contribution in [1.29, 1.82) is 0 Å². The van der Waals surface area contributed by atoms with E-state index in [1.165, 1.54) is 32.4 Å². The number of ketones is 2. The van der Waals surface area contributed by atoms with E-state index >= 15 is 0 Å². The van der Waals surface area contributed by atoms with Crippen molar-refractivity contribution in [2.75, 3.05) is 65.0 Å². The number of fused-ring (bicyclic) bond motifs is 8. The second-order valence-corrected chi connectivity index (χ2v) is 21.9. The molecule has 3 saturated heterocycles. The van der Waals surface area contributed by atoms with Gasteiger partial charge in [-0.3, -0.25) is 49.1 Å². The summed E-state index contributed by atoms with van der Waals surface area (Å²) >= 11 is 0. The summed E-state index contributed by atoms with van der Waals surface area (Å²) < 4.78 is 35.9. The van der Waals surface area contributed by atoms with Gasteiger partial charge in [0.1, 0.15) is 29.0 Å². The molecule has 8 atom stereocenters. The van der Waals surface area contributed by atoms with Gasteiger partial charge in [-0.05, 0) is 37.5 Å². The summed E-state index contributed by atoms with van der Waals surface area (Å²) in [6, 6.07) is 18.8. The Kier molecular flexibility index (Phi) is 18.5. The maximum Gasteiger partial charge on any atom is 0.252 e. The first-order valence-electron chi connectivity index (χ1n) is 28.6. The number of benzene rings is 4. The van der Waals surface area contributed by atoms with Crippen LogP contribution in [0.3, 0.4) is 0 Å². The number of phenols is 2. The smallest absolute Gasteiger partial charge is 0.252 e. The SMILES string of the molecule is COc1cccc2c1C(=O)c1c(O)c3c(c(O)c1C2=O)CC(O)(C(=O)NCCNC(=O)CNC(=O)CNC(=O)CNC(=O)CCCCC(=O)N1Cc2ccccc2/C(N)=C(/NN)c2ccccc21)CC3OC1CC2C(OC3C(OC)OCCN23)C(C)O1. The number of carbonyl (C=O) groups is 8. The Bertz CT molecular complexity index is 3430. The van der Waals surface area contributed by atoms with Crippen molar-refractivity contribution in [3.8, 4) is 17.2 Å². The van der Waals surface area contributed by atoms with E-state index in [2.05, 4.69) is 36.9 Å². The maximum absolute atomic E-state index is 14.3. The molecule has 8 unspecified atom stereocenters. The number of ether oxygens (including phenoxy) is 6. The number of morpholine rings is 1. The van der Waals surface area contributed by atoms with Crippen LogP contribution in [-0.2, 0) is 65.4 Å². The van der Waals surface area contributed by atoms with Crippen LogP contribution in [0.5, 0.6) is 17.2 Å². The second kappa shape index (κ2) is 26.2. The number of nitrogens with two attached hydrogens (primary N) is 2. The molecule has 462 valence electrons. The molecule has 4 aromatic carbocycles. The number of rotatable bonds is 20. The lowest BCUT2D eigenvalue weighted by atomic mass is 9.72. The fourth-order valence-corrected chi connectivity index (χ4v) is 12.3. The normalized spacial score (nSPS) is 24.4. The lowest BCUT2D eigenvalue weighted by molar-refractivity contribution is -0.256. The molecule has 10 rings (SSSR count). The zero-order valence-corrected chi connectivity index (χ0v) is 48.1. The number of aromatic hydroxyl groups is 2. The summed E-state index contributed by atoms with van der Waals surface area (Å²) in [7, 11) is 2.83. The quantitative estimate of drug-likeness (QED) is 0.0213. The summed E-state index contributed by atoms with van der Waals surface area (Å²) in [6.45, 7) is 1.03. The first-order chi connectivity index (χ1) is 41.9. The first-order valence-corrected chi connectivity index (χ1v) is 28.6. The number of para-hydroxylation sites is 1. The Morgan fingerprint density at radius 2 is 1.41 bits per heavy atom. The third-order valence-electron chi connectivity index (χ3n) is 16.5. The van der Waals surface area contributed by atoms with Crippen molar-refractivity contribution < 1.29 is 82.1 Å². The fraction of sp³-hybridized carbons (Fsp3) is 0.433. The Balaban J connectivity index is 0.686. The minimum absolute atomic E-state index is 0.0305. The minimum Gasteiger partial charge on any atom is -0.507 e. The number of unbranched alkanes of at least 4 members (excludes halogenated alkanes) is 1. The Hall–Kier alpha value is -8.54. The Morgan fingerprint density at radius 1 is 0.759 bits per heavy atom. The van der Waals surface area contributed by atoms with Crippen LogP contribution in [-0.4, -0.2) is 170 Å². The molecule has 0 spiro atoms. The number of carbonyl (C=O) groups excluding carboxylic acids is 8. The number of hydrogen-bond donors (Lipinski definition) is 11. The molecule has 2 aliphatic carbocycles. The van der Waals surface area contributed by atoms with Gasteiger partial charge in [0.25, 0.3) is 5.91 Å². The summed E-state index contributed by atoms with van der Waals surface area (Å²) in [6.07, 6.45) is -4.75. The summed E-state index contributed by atoms with van der Waals surface area (Å²) in [5.41, 5.74) is 9.04. The third kappa shape index (κ3) is 12.4. The van der Waals surface area contributed by atoms with Crippen LogP contribution >= 0.6 is 0 Å². The van der Waals surface area contributed by atoms with Crippen molar-refractivity contribution >= 4 is 64.1 Å². The van der Waals surface area contributed by atoms with Crippen molar-refractivity contribution in [2.24, 2.45) is 11.6 Å². The number of nitrogens with one attached hydrogen (secondary N) is 6. The molecule has 0 saturated carbocycles. The predicted octanol–water partition coefficient (Wildman–Crippen LogP) is 0.0859. The molecular formula is C60H70N10O17. The number of methoxy groups -OCH3 is 2. The van der Waals surface area contributed by atoms with E-state index in [9.17, 15) is 53.7 Å². The van der Waals surface area contributed by atoms with Gasteiger partial charge in [-0.1, -0.05) is 54.6 Å². The van der Waals surface area contributed by atoms with Gasteiger partial charge in [0.2, 0.25) is 35.3 Å². The number of aliphatic hydroxyl groups is 1. The third-order valence-corrected chi connectivity index (χ3v) is 16.5. The van der Waals surface area contributed by atoms with Crippen LogP contribution in [0.15, 0.2) is 66.7 Å². The fourth-order valence-electron chi connectivity index (χ4n) is 12.3. The largest absolute Gasteiger partial charge is 0.507 e. The molecule has 87 heavy (non-hydrogen) atoms. The van der Waals surface area contributed by atoms with Gasteiger partial charge in [0.15, 0.2) is 24.6 Å². The number of phenolic OH excluding ortho intramolecular Hbond substituents is 2. The van der Waals surface area contributed by atoms with E-state index in [0.29, 0.717) is 48.6 Å². The molecule has 6 amide bonds. The average molecular weight is 1200 g/mol. The summed E-state index contributed by atoms with van der Waals surface area (Å²) in [5.74, 6) is -0.717. The van der Waals surface area contributed by atoms with E-state index in [-0.39, 0.29) is 78.8 Å². The van der Waals surface area contributed by atoms with Crippen LogP contribution in [0.2, 0.25) is 0 Å². The highest BCUT2D eigenvalue weighted by Gasteiger charge is 2.55. The standard InChI is InChI=1S/C60H70N10O17/c1-30-56-37(69-21-22-84-58(83-3)57(69)87-56)23-45(85-30)86-39-25-60(81,24-35-47(39)55(79)49-48(53(35)77)52(76)34-14-10-16-38(82-2)46(34)54(49)78)59(80)64-20-19-63-41(72)26-66-43(74)28-67-42(73)27-65-40(71)17-8-9-18-44(75)70-29-31-11-4-5-12-32(31)50(61)51(68-62)33-13-6-7-15-36(33)70/h4-7,10-16,30,37,39,45,56-58,68,77,79,81H,8-9,17-29,61-62H2,1-3H3,(H,63,72)(H,64,80)(H,65,71)(H,66,74)(H,67,73)/b51-50-. The summed E-state index contributed by atoms with van der Waals surface area (Å²) in [5, 5.41) is 48.8. The van der Waals surface area contributed by atoms with Crippen molar-refractivity contribution in [2.45, 2.75) is 107 Å². The van der Waals surface area contributed by atoms with Crippen LogP contribution in [0.25, 0.3) is 11.4 Å². The van der Waals surface area contributed by atoms with Crippen LogP contribution in [0.4, 0.5) is 5.69 Å². The molecular weight excluding hydrogens is 1130 g/mol. The van der Waals surface area contributed by atoms with E-state index in [4.69, 9.17) is 40.0 Å². The second-order valence-electron chi connectivity index (χ2n) is 21.9. The molecule has 13 N–H and O–H groups in total. The molecule has 4 aromatic rings. The van der Waals surface area contributed by atoms with E-state index in [0.717, 1.165) is 11.1 Å². The zero-order chi connectivity index (χ0) is 61.8. The van der Waals surface area contributed by atoms with Crippen molar-refractivity contribution in [3.63, 3.8) is 0 Å². The zero-order valence-electron chi connectivity index (χ0n) is 48.1. The van der Waals surface area contributed by atoms with E-state index < -0.39 is 139 Å². The van der Waals surface area contributed by atoms with Crippen molar-refractivity contribution in [1.82, 2.24) is 36.9 Å². The average Bonchev–Trinajstić information content (AvgIpc) is 2.22. The lowest BCUT2D eigenvalue weighted by Crippen LogP contribution is -2.55. The van der Waals surface area contributed by atoms with Crippen LogP contribution in [0.1, 0.15) is 111 Å². The number of anilines is 1. The maximum atomic E-state index is 14.3. The van der Waals surface area contributed by atoms with Gasteiger partial charge >= 0.3 is 0 Å². The molecule has 6 aliphatic rings.